The molecule has 0 N–H and O–H groups in total. The van der Waals surface area contributed by atoms with E-state index in [0.29, 0.717) is 0 Å². The van der Waals surface area contributed by atoms with E-state index in [-0.39, 0.29) is 41.8 Å². The van der Waals surface area contributed by atoms with Gasteiger partial charge in [-0.25, -0.2) is 0 Å². The van der Waals surface area contributed by atoms with Crippen molar-refractivity contribution in [3.05, 3.63) is 10.1 Å². The average molecular weight is 140 g/mol. The van der Waals surface area contributed by atoms with E-state index in [1.165, 1.54) is 0 Å². The van der Waals surface area contributed by atoms with Crippen LogP contribution in [-0.4, -0.2) is 46.8 Å². The Morgan fingerprint density at radius 1 is 1.67 bits per heavy atom. The minimum absolute atomic E-state index is 0. The van der Waals surface area contributed by atoms with E-state index in [0.717, 1.165) is 0 Å². The molecule has 0 heterocycles. The Morgan fingerprint density at radius 2 is 2.11 bits per heavy atom. The summed E-state index contributed by atoms with van der Waals surface area (Å²) in [5.74, 6) is -0.324. The number of rotatable bonds is 3. The van der Waals surface area contributed by atoms with Crippen LogP contribution >= 0.6 is 0 Å². The molecule has 1 radical (unpaired) electrons. The second-order valence-electron chi connectivity index (χ2n) is 1.38. The molecule has 0 aromatic rings. The molecular formula is C4H7NNaO3. The fourth-order valence-corrected chi connectivity index (χ4v) is 0.256. The number of ketones is 1. The van der Waals surface area contributed by atoms with Gasteiger partial charge in [-0.2, -0.15) is 0 Å². The van der Waals surface area contributed by atoms with Gasteiger partial charge in [0.05, 0.1) is 0 Å². The molecule has 0 aromatic heterocycles. The van der Waals surface area contributed by atoms with Crippen LogP contribution < -0.4 is 0 Å². The fraction of sp³-hybridized carbons (Fsp3) is 0.750. The van der Waals surface area contributed by atoms with E-state index < -0.39 is 11.5 Å². The van der Waals surface area contributed by atoms with Crippen LogP contribution in [0.1, 0.15) is 13.3 Å². The summed E-state index contributed by atoms with van der Waals surface area (Å²) >= 11 is 0. The van der Waals surface area contributed by atoms with Gasteiger partial charge in [0.2, 0.25) is 5.78 Å². The zero-order valence-corrected chi connectivity index (χ0v) is 7.59. The van der Waals surface area contributed by atoms with E-state index in [9.17, 15) is 14.9 Å². The van der Waals surface area contributed by atoms with Crippen LogP contribution in [0.3, 0.4) is 0 Å². The summed E-state index contributed by atoms with van der Waals surface area (Å²) in [5, 5.41) is 9.55. The first-order chi connectivity index (χ1) is 3.66. The standard InChI is InChI=1S/C4H7NO3.Na/c1-2-4(6)3-5(7)8;/h2-3H2,1H3;. The number of carbonyl (C=O) groups is 1. The summed E-state index contributed by atoms with van der Waals surface area (Å²) < 4.78 is 0. The van der Waals surface area contributed by atoms with Gasteiger partial charge in [0, 0.05) is 40.9 Å². The molecular weight excluding hydrogens is 133 g/mol. The third-order valence-electron chi connectivity index (χ3n) is 0.700. The number of nitro groups is 1. The second kappa shape index (κ2) is 6.19. The molecule has 0 aliphatic carbocycles. The summed E-state index contributed by atoms with van der Waals surface area (Å²) in [4.78, 5) is 19.1. The monoisotopic (exact) mass is 140 g/mol. The zero-order valence-electron chi connectivity index (χ0n) is 5.59. The Bertz CT molecular complexity index is 114. The van der Waals surface area contributed by atoms with Crippen molar-refractivity contribution >= 4 is 35.3 Å². The number of hydrogen-bond donors (Lipinski definition) is 0. The molecule has 47 valence electrons. The molecule has 0 rings (SSSR count). The van der Waals surface area contributed by atoms with E-state index >= 15 is 0 Å². The molecule has 0 unspecified atom stereocenters. The predicted octanol–water partition coefficient (Wildman–Crippen LogP) is -0.139. The predicted molar refractivity (Wildman–Crippen MR) is 32.9 cm³/mol. The fourth-order valence-electron chi connectivity index (χ4n) is 0.256. The van der Waals surface area contributed by atoms with E-state index in [1.807, 2.05) is 0 Å². The molecule has 0 amide bonds. The molecule has 5 heteroatoms. The van der Waals surface area contributed by atoms with Crippen molar-refractivity contribution in [1.82, 2.24) is 0 Å². The Kier molecular flexibility index (Phi) is 8.13. The smallest absolute Gasteiger partial charge is 0.261 e. The van der Waals surface area contributed by atoms with Crippen molar-refractivity contribution in [2.45, 2.75) is 13.3 Å². The normalized spacial score (nSPS) is 7.67. The second-order valence-corrected chi connectivity index (χ2v) is 1.38. The maximum atomic E-state index is 10.2. The first-order valence-electron chi connectivity index (χ1n) is 2.30. The third kappa shape index (κ3) is 8.07. The van der Waals surface area contributed by atoms with Crippen molar-refractivity contribution in [1.29, 1.82) is 0 Å². The average Bonchev–Trinajstić information content (AvgIpc) is 1.65. The summed E-state index contributed by atoms with van der Waals surface area (Å²) in [5.41, 5.74) is 0. The summed E-state index contributed by atoms with van der Waals surface area (Å²) in [6, 6.07) is 0. The molecule has 0 fully saturated rings. The van der Waals surface area contributed by atoms with Crippen LogP contribution in [0.2, 0.25) is 0 Å². The van der Waals surface area contributed by atoms with Crippen molar-refractivity contribution in [2.24, 2.45) is 0 Å². The van der Waals surface area contributed by atoms with Gasteiger partial charge in [-0.3, -0.25) is 14.9 Å². The van der Waals surface area contributed by atoms with Crippen LogP contribution in [0, 0.1) is 10.1 Å². The maximum absolute atomic E-state index is 10.2. The number of hydrogen-bond acceptors (Lipinski definition) is 3. The third-order valence-corrected chi connectivity index (χ3v) is 0.700. The van der Waals surface area contributed by atoms with Crippen LogP contribution in [-0.2, 0) is 4.79 Å². The van der Waals surface area contributed by atoms with Crippen LogP contribution in [0.15, 0.2) is 0 Å². The van der Waals surface area contributed by atoms with Gasteiger partial charge in [-0.15, -0.1) is 0 Å². The molecule has 0 atom stereocenters. The van der Waals surface area contributed by atoms with Crippen molar-refractivity contribution in [2.75, 3.05) is 6.54 Å². The van der Waals surface area contributed by atoms with Gasteiger partial charge < -0.3 is 0 Å². The molecule has 0 saturated heterocycles. The number of nitrogens with zero attached hydrogens (tertiary/aromatic N) is 1. The van der Waals surface area contributed by atoms with E-state index in [1.54, 1.807) is 6.92 Å². The minimum Gasteiger partial charge on any atom is -0.292 e. The molecule has 0 aliphatic heterocycles. The van der Waals surface area contributed by atoms with E-state index in [4.69, 9.17) is 0 Å². The zero-order chi connectivity index (χ0) is 6.57. The molecule has 4 nitrogen and oxygen atoms in total. The van der Waals surface area contributed by atoms with Crippen LogP contribution in [0.5, 0.6) is 0 Å². The maximum Gasteiger partial charge on any atom is 0.261 e. The molecule has 0 saturated carbocycles. The number of Topliss-reactive ketones (excluding diaryl/α,β-unsaturated/α-hetero) is 1. The van der Waals surface area contributed by atoms with Crippen LogP contribution in [0.4, 0.5) is 0 Å². The quantitative estimate of drug-likeness (QED) is 0.311. The van der Waals surface area contributed by atoms with Crippen molar-refractivity contribution < 1.29 is 9.72 Å². The molecule has 0 spiro atoms. The largest absolute Gasteiger partial charge is 0.292 e. The molecule has 0 aliphatic rings. The van der Waals surface area contributed by atoms with Gasteiger partial charge in [-0.05, 0) is 0 Å². The Balaban J connectivity index is 0. The van der Waals surface area contributed by atoms with Gasteiger partial charge in [-0.1, -0.05) is 6.92 Å². The summed E-state index contributed by atoms with van der Waals surface area (Å²) in [6.45, 7) is 1.07. The first-order valence-corrected chi connectivity index (χ1v) is 2.30. The topological polar surface area (TPSA) is 60.2 Å². The Labute approximate surface area is 75.1 Å². The molecule has 0 aromatic carbocycles. The molecule has 9 heavy (non-hydrogen) atoms. The number of carbonyl (C=O) groups excluding carboxylic acids is 1. The van der Waals surface area contributed by atoms with Crippen molar-refractivity contribution in [3.63, 3.8) is 0 Å². The van der Waals surface area contributed by atoms with Gasteiger partial charge in [0.25, 0.3) is 6.54 Å². The Hall–Kier alpha value is 0.0700. The van der Waals surface area contributed by atoms with Crippen LogP contribution in [0.25, 0.3) is 0 Å². The minimum atomic E-state index is -0.619. The Morgan fingerprint density at radius 3 is 2.22 bits per heavy atom. The van der Waals surface area contributed by atoms with Crippen molar-refractivity contribution in [3.8, 4) is 0 Å². The molecule has 0 bridgehead atoms. The summed E-state index contributed by atoms with van der Waals surface area (Å²) in [6.07, 6.45) is 0.251. The van der Waals surface area contributed by atoms with Gasteiger partial charge >= 0.3 is 0 Å². The van der Waals surface area contributed by atoms with Gasteiger partial charge in [0.1, 0.15) is 0 Å². The SMILES string of the molecule is CCC(=O)C[N+](=O)[O-].[Na]. The summed E-state index contributed by atoms with van der Waals surface area (Å²) in [7, 11) is 0. The van der Waals surface area contributed by atoms with E-state index in [2.05, 4.69) is 0 Å². The van der Waals surface area contributed by atoms with Gasteiger partial charge in [0.15, 0.2) is 0 Å². The first kappa shape index (κ1) is 11.8.